The van der Waals surface area contributed by atoms with Crippen LogP contribution in [0.3, 0.4) is 0 Å². The van der Waals surface area contributed by atoms with Gasteiger partial charge in [-0.05, 0) is 42.4 Å². The summed E-state index contributed by atoms with van der Waals surface area (Å²) in [5, 5.41) is 0. The van der Waals surface area contributed by atoms with Gasteiger partial charge in [0, 0.05) is 5.41 Å². The molecule has 0 aromatic rings. The maximum absolute atomic E-state index is 12.1. The quantitative estimate of drug-likeness (QED) is 0.524. The summed E-state index contributed by atoms with van der Waals surface area (Å²) in [4.78, 5) is 12.1. The number of fused-ring (bicyclic) bond motifs is 1. The second-order valence-electron chi connectivity index (χ2n) is 7.29. The fourth-order valence-electron chi connectivity index (χ4n) is 5.12. The topological polar surface area (TPSA) is 26.3 Å². The standard InChI is InChI=1S/C16H24O2/c1-14(2)12-6-5-11(13(17)18-4)16(12)9-7-15(14,3)8-10-16/h7,9,11-12H,5-6,8,10H2,1-4H3. The van der Waals surface area contributed by atoms with Gasteiger partial charge in [0.25, 0.3) is 0 Å². The zero-order valence-electron chi connectivity index (χ0n) is 12.0. The molecule has 18 heavy (non-hydrogen) atoms. The Morgan fingerprint density at radius 2 is 1.89 bits per heavy atom. The van der Waals surface area contributed by atoms with Gasteiger partial charge in [-0.15, -0.1) is 0 Å². The lowest BCUT2D eigenvalue weighted by Crippen LogP contribution is -2.55. The number of esters is 1. The van der Waals surface area contributed by atoms with E-state index in [1.54, 1.807) is 0 Å². The van der Waals surface area contributed by atoms with Crippen LogP contribution in [0.1, 0.15) is 46.5 Å². The summed E-state index contributed by atoms with van der Waals surface area (Å²) >= 11 is 0. The summed E-state index contributed by atoms with van der Waals surface area (Å²) in [6, 6.07) is 0. The maximum atomic E-state index is 12.1. The fraction of sp³-hybridized carbons (Fsp3) is 0.812. The third-order valence-electron chi connectivity index (χ3n) is 6.71. The highest BCUT2D eigenvalue weighted by Crippen LogP contribution is 2.71. The van der Waals surface area contributed by atoms with Crippen LogP contribution in [-0.2, 0) is 9.53 Å². The highest BCUT2D eigenvalue weighted by Gasteiger charge is 2.65. The minimum absolute atomic E-state index is 0.00320. The molecule has 4 atom stereocenters. The Labute approximate surface area is 110 Å². The highest BCUT2D eigenvalue weighted by molar-refractivity contribution is 5.74. The SMILES string of the molecule is COC(=O)C1CCC2C13C=CC(C)(CC3)C2(C)C. The molecule has 4 aliphatic carbocycles. The van der Waals surface area contributed by atoms with Crippen molar-refractivity contribution in [2.24, 2.45) is 28.1 Å². The molecule has 4 aliphatic rings. The Balaban J connectivity index is 2.08. The van der Waals surface area contributed by atoms with Gasteiger partial charge in [0.1, 0.15) is 0 Å². The molecular formula is C16H24O2. The van der Waals surface area contributed by atoms with Crippen LogP contribution in [0.15, 0.2) is 12.2 Å². The van der Waals surface area contributed by atoms with Crippen molar-refractivity contribution in [1.29, 1.82) is 0 Å². The van der Waals surface area contributed by atoms with Gasteiger partial charge in [-0.25, -0.2) is 0 Å². The smallest absolute Gasteiger partial charge is 0.309 e. The van der Waals surface area contributed by atoms with Gasteiger partial charge < -0.3 is 4.74 Å². The molecule has 2 saturated carbocycles. The van der Waals surface area contributed by atoms with Gasteiger partial charge in [-0.2, -0.15) is 0 Å². The third kappa shape index (κ3) is 1.17. The molecule has 0 saturated heterocycles. The Hall–Kier alpha value is -0.790. The molecule has 0 heterocycles. The van der Waals surface area contributed by atoms with Crippen molar-refractivity contribution >= 4 is 5.97 Å². The van der Waals surface area contributed by atoms with Gasteiger partial charge in [0.2, 0.25) is 0 Å². The van der Waals surface area contributed by atoms with Crippen LogP contribution in [0.2, 0.25) is 0 Å². The first-order valence-electron chi connectivity index (χ1n) is 7.16. The van der Waals surface area contributed by atoms with Crippen LogP contribution in [-0.4, -0.2) is 13.1 Å². The Bertz CT molecular complexity index is 423. The lowest BCUT2D eigenvalue weighted by Gasteiger charge is -2.61. The van der Waals surface area contributed by atoms with E-state index >= 15 is 0 Å². The summed E-state index contributed by atoms with van der Waals surface area (Å²) in [5.41, 5.74) is 0.696. The van der Waals surface area contributed by atoms with Crippen molar-refractivity contribution in [3.63, 3.8) is 0 Å². The number of hydrogen-bond donors (Lipinski definition) is 0. The zero-order valence-corrected chi connectivity index (χ0v) is 12.0. The van der Waals surface area contributed by atoms with Gasteiger partial charge in [0.05, 0.1) is 13.0 Å². The minimum Gasteiger partial charge on any atom is -0.469 e. The average Bonchev–Trinajstić information content (AvgIpc) is 2.72. The van der Waals surface area contributed by atoms with Crippen molar-refractivity contribution in [2.45, 2.75) is 46.5 Å². The first-order valence-corrected chi connectivity index (χ1v) is 7.16. The molecule has 0 aliphatic heterocycles. The summed E-state index contributed by atoms with van der Waals surface area (Å²) < 4.78 is 5.05. The van der Waals surface area contributed by atoms with Crippen LogP contribution in [0.4, 0.5) is 0 Å². The van der Waals surface area contributed by atoms with E-state index in [2.05, 4.69) is 32.9 Å². The molecule has 0 N–H and O–H groups in total. The number of carbonyl (C=O) groups excluding carboxylic acids is 1. The molecule has 4 rings (SSSR count). The van der Waals surface area contributed by atoms with Gasteiger partial charge >= 0.3 is 5.97 Å². The third-order valence-corrected chi connectivity index (χ3v) is 6.71. The van der Waals surface area contributed by atoms with Crippen molar-refractivity contribution in [3.05, 3.63) is 12.2 Å². The molecule has 0 aromatic carbocycles. The molecule has 1 spiro atoms. The van der Waals surface area contributed by atoms with Crippen LogP contribution >= 0.6 is 0 Å². The zero-order chi connectivity index (χ0) is 13.2. The Morgan fingerprint density at radius 1 is 1.17 bits per heavy atom. The molecule has 0 amide bonds. The predicted molar refractivity (Wildman–Crippen MR) is 70.9 cm³/mol. The summed E-state index contributed by atoms with van der Waals surface area (Å²) in [5.74, 6) is 0.731. The average molecular weight is 248 g/mol. The molecule has 2 nitrogen and oxygen atoms in total. The fourth-order valence-corrected chi connectivity index (χ4v) is 5.12. The Morgan fingerprint density at radius 3 is 2.44 bits per heavy atom. The second kappa shape index (κ2) is 3.40. The summed E-state index contributed by atoms with van der Waals surface area (Å²) in [6.45, 7) is 7.18. The first-order chi connectivity index (χ1) is 8.37. The largest absolute Gasteiger partial charge is 0.469 e. The van der Waals surface area contributed by atoms with E-state index in [1.807, 2.05) is 0 Å². The van der Waals surface area contributed by atoms with Crippen LogP contribution < -0.4 is 0 Å². The van der Waals surface area contributed by atoms with E-state index in [-0.39, 0.29) is 17.3 Å². The summed E-state index contributed by atoms with van der Waals surface area (Å²) in [6.07, 6.45) is 9.32. The highest BCUT2D eigenvalue weighted by atomic mass is 16.5. The van der Waals surface area contributed by atoms with Crippen molar-refractivity contribution in [1.82, 2.24) is 0 Å². The van der Waals surface area contributed by atoms with Crippen molar-refractivity contribution in [2.75, 3.05) is 7.11 Å². The number of carbonyl (C=O) groups is 1. The van der Waals surface area contributed by atoms with Crippen LogP contribution in [0, 0.1) is 28.1 Å². The van der Waals surface area contributed by atoms with E-state index in [0.29, 0.717) is 16.7 Å². The van der Waals surface area contributed by atoms with Gasteiger partial charge in [0.15, 0.2) is 0 Å². The molecule has 0 aromatic heterocycles. The van der Waals surface area contributed by atoms with E-state index in [0.717, 1.165) is 12.8 Å². The molecule has 100 valence electrons. The molecule has 0 radical (unpaired) electrons. The summed E-state index contributed by atoms with van der Waals surface area (Å²) in [7, 11) is 1.52. The van der Waals surface area contributed by atoms with E-state index in [1.165, 1.54) is 20.0 Å². The van der Waals surface area contributed by atoms with Gasteiger partial charge in [-0.1, -0.05) is 32.9 Å². The molecule has 2 heteroatoms. The van der Waals surface area contributed by atoms with E-state index < -0.39 is 0 Å². The minimum atomic E-state index is 0.00320. The molecular weight excluding hydrogens is 224 g/mol. The predicted octanol–water partition coefficient (Wildman–Crippen LogP) is 3.57. The number of rotatable bonds is 1. The monoisotopic (exact) mass is 248 g/mol. The van der Waals surface area contributed by atoms with E-state index in [9.17, 15) is 4.79 Å². The number of hydrogen-bond acceptors (Lipinski definition) is 2. The second-order valence-corrected chi connectivity index (χ2v) is 7.29. The lowest BCUT2D eigenvalue weighted by atomic mass is 9.42. The first kappa shape index (κ1) is 12.3. The van der Waals surface area contributed by atoms with Crippen molar-refractivity contribution < 1.29 is 9.53 Å². The van der Waals surface area contributed by atoms with Gasteiger partial charge in [-0.3, -0.25) is 4.79 Å². The maximum Gasteiger partial charge on any atom is 0.309 e. The normalized spacial score (nSPS) is 48.0. The number of methoxy groups -OCH3 is 1. The number of ether oxygens (including phenoxy) is 1. The molecule has 2 fully saturated rings. The molecule has 4 unspecified atom stereocenters. The number of allylic oxidation sites excluding steroid dienone is 2. The van der Waals surface area contributed by atoms with E-state index in [4.69, 9.17) is 4.74 Å². The Kier molecular flexibility index (Phi) is 2.31. The van der Waals surface area contributed by atoms with Crippen LogP contribution in [0.5, 0.6) is 0 Å². The lowest BCUT2D eigenvalue weighted by molar-refractivity contribution is -0.154. The van der Waals surface area contributed by atoms with Crippen LogP contribution in [0.25, 0.3) is 0 Å². The molecule has 2 bridgehead atoms. The van der Waals surface area contributed by atoms with Crippen molar-refractivity contribution in [3.8, 4) is 0 Å².